The zero-order chi connectivity index (χ0) is 13.9. The number of halogens is 3. The summed E-state index contributed by atoms with van der Waals surface area (Å²) in [5.41, 5.74) is 0.482. The molecule has 2 rings (SSSR count). The Morgan fingerprint density at radius 3 is 2.79 bits per heavy atom. The Kier molecular flexibility index (Phi) is 3.89. The third kappa shape index (κ3) is 3.34. The smallest absolute Gasteiger partial charge is 0.306 e. The molecule has 0 aliphatic carbocycles. The lowest BCUT2D eigenvalue weighted by atomic mass is 10.3. The zero-order valence-corrected chi connectivity index (χ0v) is 10.3. The average molecular weight is 273 g/mol. The fourth-order valence-electron chi connectivity index (χ4n) is 1.72. The summed E-state index contributed by atoms with van der Waals surface area (Å²) in [6.07, 6.45) is -2.71. The van der Waals surface area contributed by atoms with Crippen LogP contribution >= 0.6 is 0 Å². The Labute approximate surface area is 107 Å². The number of aromatic nitrogens is 4. The van der Waals surface area contributed by atoms with Crippen LogP contribution in [0.25, 0.3) is 0 Å². The first-order valence-corrected chi connectivity index (χ1v) is 5.83. The molecule has 0 spiro atoms. The van der Waals surface area contributed by atoms with Crippen LogP contribution in [0, 0.1) is 0 Å². The molecule has 19 heavy (non-hydrogen) atoms. The van der Waals surface area contributed by atoms with E-state index in [1.807, 2.05) is 17.7 Å². The van der Waals surface area contributed by atoms with Gasteiger partial charge in [-0.3, -0.25) is 9.78 Å². The molecule has 0 radical (unpaired) electrons. The Morgan fingerprint density at radius 1 is 1.37 bits per heavy atom. The molecule has 5 nitrogen and oxygen atoms in total. The Bertz CT molecular complexity index is 528. The summed E-state index contributed by atoms with van der Waals surface area (Å²) in [5, 5.41) is 12.7. The van der Waals surface area contributed by atoms with Gasteiger partial charge in [-0.2, -0.15) is 23.4 Å². The van der Waals surface area contributed by atoms with E-state index in [9.17, 15) is 13.2 Å². The quantitative estimate of drug-likeness (QED) is 0.875. The SMILES string of the molecule is CCn1nccc1CNCc1cc(C(F)(F)F)n[nH]1. The molecule has 0 fully saturated rings. The largest absolute Gasteiger partial charge is 0.435 e. The summed E-state index contributed by atoms with van der Waals surface area (Å²) in [7, 11) is 0. The van der Waals surface area contributed by atoms with Crippen LogP contribution in [0.4, 0.5) is 13.2 Å². The number of alkyl halides is 3. The van der Waals surface area contributed by atoms with Crippen molar-refractivity contribution in [2.45, 2.75) is 32.7 Å². The van der Waals surface area contributed by atoms with Crippen molar-refractivity contribution >= 4 is 0 Å². The van der Waals surface area contributed by atoms with Gasteiger partial charge in [-0.15, -0.1) is 0 Å². The fraction of sp³-hybridized carbons (Fsp3) is 0.455. The monoisotopic (exact) mass is 273 g/mol. The molecule has 2 heterocycles. The molecule has 0 aliphatic rings. The second kappa shape index (κ2) is 5.43. The molecule has 0 saturated carbocycles. The van der Waals surface area contributed by atoms with Crippen molar-refractivity contribution in [2.75, 3.05) is 0 Å². The van der Waals surface area contributed by atoms with E-state index in [4.69, 9.17) is 0 Å². The van der Waals surface area contributed by atoms with Gasteiger partial charge in [0.05, 0.1) is 5.69 Å². The summed E-state index contributed by atoms with van der Waals surface area (Å²) in [4.78, 5) is 0. The van der Waals surface area contributed by atoms with E-state index in [0.29, 0.717) is 12.2 Å². The lowest BCUT2D eigenvalue weighted by Gasteiger charge is -2.05. The van der Waals surface area contributed by atoms with Crippen LogP contribution in [0.15, 0.2) is 18.3 Å². The predicted octanol–water partition coefficient (Wildman–Crippen LogP) is 1.93. The molecule has 2 aromatic heterocycles. The highest BCUT2D eigenvalue weighted by Crippen LogP contribution is 2.27. The molecule has 0 bridgehead atoms. The molecule has 104 valence electrons. The van der Waals surface area contributed by atoms with Crippen molar-refractivity contribution in [3.8, 4) is 0 Å². The van der Waals surface area contributed by atoms with E-state index < -0.39 is 11.9 Å². The van der Waals surface area contributed by atoms with Crippen molar-refractivity contribution in [2.24, 2.45) is 0 Å². The highest BCUT2D eigenvalue weighted by Gasteiger charge is 2.33. The minimum Gasteiger partial charge on any atom is -0.306 e. The van der Waals surface area contributed by atoms with Crippen molar-refractivity contribution in [3.63, 3.8) is 0 Å². The van der Waals surface area contributed by atoms with Crippen molar-refractivity contribution in [1.82, 2.24) is 25.3 Å². The summed E-state index contributed by atoms with van der Waals surface area (Å²) >= 11 is 0. The van der Waals surface area contributed by atoms with Gasteiger partial charge in [0.15, 0.2) is 5.69 Å². The third-order valence-electron chi connectivity index (χ3n) is 2.65. The van der Waals surface area contributed by atoms with Crippen LogP contribution in [0.5, 0.6) is 0 Å². The zero-order valence-electron chi connectivity index (χ0n) is 10.3. The first kappa shape index (κ1) is 13.6. The van der Waals surface area contributed by atoms with Gasteiger partial charge < -0.3 is 5.32 Å². The van der Waals surface area contributed by atoms with Crippen LogP contribution in [0.1, 0.15) is 24.0 Å². The van der Waals surface area contributed by atoms with Crippen LogP contribution in [-0.4, -0.2) is 20.0 Å². The Morgan fingerprint density at radius 2 is 2.16 bits per heavy atom. The molecular weight excluding hydrogens is 259 g/mol. The number of nitrogens with zero attached hydrogens (tertiary/aromatic N) is 3. The minimum absolute atomic E-state index is 0.290. The number of rotatable bonds is 5. The van der Waals surface area contributed by atoms with Crippen molar-refractivity contribution in [3.05, 3.63) is 35.4 Å². The van der Waals surface area contributed by atoms with Gasteiger partial charge >= 0.3 is 6.18 Å². The lowest BCUT2D eigenvalue weighted by Crippen LogP contribution is -2.16. The molecular formula is C11H14F3N5. The number of aryl methyl sites for hydroxylation is 1. The van der Waals surface area contributed by atoms with Gasteiger partial charge in [-0.25, -0.2) is 0 Å². The van der Waals surface area contributed by atoms with E-state index in [-0.39, 0.29) is 6.54 Å². The van der Waals surface area contributed by atoms with E-state index in [2.05, 4.69) is 20.6 Å². The van der Waals surface area contributed by atoms with Crippen LogP contribution in [0.2, 0.25) is 0 Å². The van der Waals surface area contributed by atoms with Gasteiger partial charge in [0, 0.05) is 31.5 Å². The molecule has 8 heteroatoms. The molecule has 2 N–H and O–H groups in total. The van der Waals surface area contributed by atoms with Gasteiger partial charge in [0.1, 0.15) is 0 Å². The van der Waals surface area contributed by atoms with Crippen LogP contribution in [-0.2, 0) is 25.8 Å². The van der Waals surface area contributed by atoms with E-state index in [1.165, 1.54) is 0 Å². The molecule has 0 saturated heterocycles. The maximum absolute atomic E-state index is 12.3. The van der Waals surface area contributed by atoms with Crippen LogP contribution < -0.4 is 5.32 Å². The average Bonchev–Trinajstić information content (AvgIpc) is 2.96. The maximum atomic E-state index is 12.3. The van der Waals surface area contributed by atoms with Crippen molar-refractivity contribution in [1.29, 1.82) is 0 Å². The Hall–Kier alpha value is -1.83. The molecule has 0 aliphatic heterocycles. The predicted molar refractivity (Wildman–Crippen MR) is 62.0 cm³/mol. The van der Waals surface area contributed by atoms with E-state index in [0.717, 1.165) is 18.3 Å². The summed E-state index contributed by atoms with van der Waals surface area (Å²) in [6, 6.07) is 2.87. The van der Waals surface area contributed by atoms with Crippen molar-refractivity contribution < 1.29 is 13.2 Å². The normalized spacial score (nSPS) is 12.0. The van der Waals surface area contributed by atoms with Gasteiger partial charge in [-0.05, 0) is 19.1 Å². The van der Waals surface area contributed by atoms with E-state index >= 15 is 0 Å². The standard InChI is InChI=1S/C11H14F3N5/c1-2-19-9(3-4-16-19)7-15-6-8-5-10(18-17-8)11(12,13)14/h3-5,15H,2,6-7H2,1H3,(H,17,18). The number of nitrogens with one attached hydrogen (secondary N) is 2. The maximum Gasteiger partial charge on any atom is 0.435 e. The fourth-order valence-corrected chi connectivity index (χ4v) is 1.72. The summed E-state index contributed by atoms with van der Waals surface area (Å²) in [5.74, 6) is 0. The molecule has 2 aromatic rings. The molecule has 0 amide bonds. The number of hydrogen-bond acceptors (Lipinski definition) is 3. The molecule has 0 unspecified atom stereocenters. The highest BCUT2D eigenvalue weighted by molar-refractivity contribution is 5.11. The minimum atomic E-state index is -4.41. The van der Waals surface area contributed by atoms with Crippen LogP contribution in [0.3, 0.4) is 0 Å². The number of hydrogen-bond donors (Lipinski definition) is 2. The number of aromatic amines is 1. The summed E-state index contributed by atoms with van der Waals surface area (Å²) < 4.78 is 38.8. The molecule has 0 aromatic carbocycles. The lowest BCUT2D eigenvalue weighted by molar-refractivity contribution is -0.141. The highest BCUT2D eigenvalue weighted by atomic mass is 19.4. The second-order valence-electron chi connectivity index (χ2n) is 4.02. The topological polar surface area (TPSA) is 58.5 Å². The molecule has 0 atom stereocenters. The Balaban J connectivity index is 1.88. The third-order valence-corrected chi connectivity index (χ3v) is 2.65. The second-order valence-corrected chi connectivity index (χ2v) is 4.02. The van der Waals surface area contributed by atoms with Gasteiger partial charge in [-0.1, -0.05) is 0 Å². The number of H-pyrrole nitrogens is 1. The van der Waals surface area contributed by atoms with E-state index in [1.54, 1.807) is 6.20 Å². The van der Waals surface area contributed by atoms with Gasteiger partial charge in [0.25, 0.3) is 0 Å². The first-order valence-electron chi connectivity index (χ1n) is 5.83. The van der Waals surface area contributed by atoms with Gasteiger partial charge in [0.2, 0.25) is 0 Å². The summed E-state index contributed by atoms with van der Waals surface area (Å²) in [6.45, 7) is 3.56. The first-order chi connectivity index (χ1) is 9.00.